The maximum Gasteiger partial charge on any atom is 0.305 e. The van der Waals surface area contributed by atoms with Crippen LogP contribution in [0.1, 0.15) is 84.5 Å². The highest BCUT2D eigenvalue weighted by atomic mass is 32.2. The van der Waals surface area contributed by atoms with Crippen molar-refractivity contribution < 1.29 is 27.5 Å². The van der Waals surface area contributed by atoms with E-state index in [9.17, 15) is 18.0 Å². The molecule has 0 fully saturated rings. The number of ether oxygens (including phenoxy) is 2. The minimum atomic E-state index is -3.15. The topological polar surface area (TPSA) is 86.7 Å². The van der Waals surface area contributed by atoms with Gasteiger partial charge in [0, 0.05) is 19.6 Å². The summed E-state index contributed by atoms with van der Waals surface area (Å²) >= 11 is 0. The summed E-state index contributed by atoms with van der Waals surface area (Å²) in [4.78, 5) is 22.3. The van der Waals surface area contributed by atoms with Crippen LogP contribution in [0.3, 0.4) is 0 Å². The molecular formula is C21H38O6S. The van der Waals surface area contributed by atoms with E-state index < -0.39 is 15.1 Å². The largest absolute Gasteiger partial charge is 0.469 e. The average Bonchev–Trinajstić information content (AvgIpc) is 2.61. The van der Waals surface area contributed by atoms with Crippen molar-refractivity contribution in [2.75, 3.05) is 13.4 Å². The molecule has 2 atom stereocenters. The first-order chi connectivity index (χ1) is 13.2. The van der Waals surface area contributed by atoms with E-state index >= 15 is 0 Å². The highest BCUT2D eigenvalue weighted by Gasteiger charge is 2.19. The lowest BCUT2D eigenvalue weighted by Crippen LogP contribution is -2.20. The number of carbonyl (C=O) groups is 2. The number of esters is 2. The summed E-state index contributed by atoms with van der Waals surface area (Å²) in [7, 11) is -1.77. The van der Waals surface area contributed by atoms with E-state index in [0.29, 0.717) is 19.3 Å². The van der Waals surface area contributed by atoms with Gasteiger partial charge in [-0.1, -0.05) is 45.1 Å². The first-order valence-corrected chi connectivity index (χ1v) is 12.3. The quantitative estimate of drug-likeness (QED) is 0.210. The molecule has 7 heteroatoms. The molecule has 0 aromatic heterocycles. The predicted octanol–water partition coefficient (Wildman–Crippen LogP) is 4.37. The van der Waals surface area contributed by atoms with Crippen LogP contribution >= 0.6 is 0 Å². The predicted molar refractivity (Wildman–Crippen MR) is 112 cm³/mol. The number of sulfone groups is 1. The molecule has 0 saturated carbocycles. The zero-order valence-electron chi connectivity index (χ0n) is 17.9. The summed E-state index contributed by atoms with van der Waals surface area (Å²) in [6.45, 7) is 3.50. The van der Waals surface area contributed by atoms with Crippen LogP contribution in [-0.4, -0.2) is 45.1 Å². The number of hydrogen-bond donors (Lipinski definition) is 0. The molecule has 0 aliphatic carbocycles. The fraction of sp³-hybridized carbons (Fsp3) is 0.810. The molecule has 0 aliphatic rings. The first-order valence-electron chi connectivity index (χ1n) is 10.3. The molecule has 0 radical (unpaired) electrons. The first kappa shape index (κ1) is 26.6. The van der Waals surface area contributed by atoms with Gasteiger partial charge in [0.1, 0.15) is 6.10 Å². The third-order valence-corrected chi connectivity index (χ3v) is 6.29. The number of methoxy groups -OCH3 is 1. The van der Waals surface area contributed by atoms with Crippen LogP contribution in [0, 0.1) is 0 Å². The lowest BCUT2D eigenvalue weighted by molar-refractivity contribution is -0.144. The van der Waals surface area contributed by atoms with E-state index in [4.69, 9.17) is 4.74 Å². The SMILES string of the molecule is CCCCCC(/C=C/CC(CCCCCCC(=O)OC)S(C)(=O)=O)OC(C)=O. The van der Waals surface area contributed by atoms with Gasteiger partial charge in [-0.05, 0) is 38.2 Å². The van der Waals surface area contributed by atoms with E-state index in [0.717, 1.165) is 51.4 Å². The minimum absolute atomic E-state index is 0.208. The third kappa shape index (κ3) is 14.7. The Labute approximate surface area is 171 Å². The molecule has 0 heterocycles. The van der Waals surface area contributed by atoms with Crippen molar-refractivity contribution in [2.24, 2.45) is 0 Å². The fourth-order valence-electron chi connectivity index (χ4n) is 2.99. The van der Waals surface area contributed by atoms with E-state index in [2.05, 4.69) is 11.7 Å². The lowest BCUT2D eigenvalue weighted by Gasteiger charge is -2.15. The average molecular weight is 419 g/mol. The normalized spacial score (nSPS) is 14.0. The Kier molecular flexibility index (Phi) is 14.8. The van der Waals surface area contributed by atoms with Gasteiger partial charge in [0.15, 0.2) is 9.84 Å². The Balaban J connectivity index is 4.46. The van der Waals surface area contributed by atoms with Crippen molar-refractivity contribution in [3.8, 4) is 0 Å². The van der Waals surface area contributed by atoms with Gasteiger partial charge in [-0.15, -0.1) is 0 Å². The van der Waals surface area contributed by atoms with Crippen molar-refractivity contribution in [2.45, 2.75) is 95.8 Å². The Morgan fingerprint density at radius 1 is 1.00 bits per heavy atom. The summed E-state index contributed by atoms with van der Waals surface area (Å²) in [6.07, 6.45) is 13.3. The molecule has 6 nitrogen and oxygen atoms in total. The number of hydrogen-bond acceptors (Lipinski definition) is 6. The summed E-state index contributed by atoms with van der Waals surface area (Å²) < 4.78 is 34.0. The van der Waals surface area contributed by atoms with E-state index in [1.165, 1.54) is 20.3 Å². The summed E-state index contributed by atoms with van der Waals surface area (Å²) in [5, 5.41) is -0.432. The standard InChI is InChI=1S/C21H38O6S/c1-5-6-9-13-19(27-18(2)22)14-12-16-20(28(4,24)25)15-10-7-8-11-17-21(23)26-3/h12,14,19-20H,5-11,13,15-17H2,1-4H3/b14-12+. The maximum absolute atomic E-state index is 12.1. The van der Waals surface area contributed by atoms with Crippen LogP contribution in [0.15, 0.2) is 12.2 Å². The molecule has 0 spiro atoms. The van der Waals surface area contributed by atoms with Crippen LogP contribution in [0.2, 0.25) is 0 Å². The monoisotopic (exact) mass is 418 g/mol. The Bertz CT molecular complexity index is 567. The molecule has 0 rings (SSSR count). The molecule has 0 bridgehead atoms. The van der Waals surface area contributed by atoms with Gasteiger partial charge in [0.25, 0.3) is 0 Å². The second-order valence-electron chi connectivity index (χ2n) is 7.29. The minimum Gasteiger partial charge on any atom is -0.469 e. The lowest BCUT2D eigenvalue weighted by atomic mass is 10.1. The molecule has 164 valence electrons. The molecule has 0 aliphatic heterocycles. The Morgan fingerprint density at radius 3 is 2.21 bits per heavy atom. The molecule has 0 saturated heterocycles. The third-order valence-electron chi connectivity index (χ3n) is 4.65. The van der Waals surface area contributed by atoms with Crippen LogP contribution in [-0.2, 0) is 28.9 Å². The zero-order valence-corrected chi connectivity index (χ0v) is 18.8. The molecule has 0 aromatic carbocycles. The maximum atomic E-state index is 12.1. The molecular weight excluding hydrogens is 380 g/mol. The van der Waals surface area contributed by atoms with Crippen LogP contribution in [0.5, 0.6) is 0 Å². The van der Waals surface area contributed by atoms with Crippen LogP contribution in [0.4, 0.5) is 0 Å². The van der Waals surface area contributed by atoms with Gasteiger partial charge < -0.3 is 9.47 Å². The number of unbranched alkanes of at least 4 members (excludes halogenated alkanes) is 5. The Hall–Kier alpha value is -1.37. The van der Waals surface area contributed by atoms with Gasteiger partial charge in [0.2, 0.25) is 0 Å². The van der Waals surface area contributed by atoms with Crippen molar-refractivity contribution >= 4 is 21.8 Å². The summed E-state index contributed by atoms with van der Waals surface area (Å²) in [6, 6.07) is 0. The molecule has 0 aromatic rings. The van der Waals surface area contributed by atoms with Gasteiger partial charge in [-0.3, -0.25) is 9.59 Å². The number of carbonyl (C=O) groups excluding carboxylic acids is 2. The van der Waals surface area contributed by atoms with Gasteiger partial charge in [-0.2, -0.15) is 0 Å². The van der Waals surface area contributed by atoms with Crippen LogP contribution in [0.25, 0.3) is 0 Å². The Morgan fingerprint density at radius 2 is 1.64 bits per heavy atom. The van der Waals surface area contributed by atoms with Crippen molar-refractivity contribution in [3.05, 3.63) is 12.2 Å². The van der Waals surface area contributed by atoms with Gasteiger partial charge in [-0.25, -0.2) is 8.42 Å². The number of rotatable bonds is 16. The second kappa shape index (κ2) is 15.5. The van der Waals surface area contributed by atoms with E-state index in [-0.39, 0.29) is 18.0 Å². The second-order valence-corrected chi connectivity index (χ2v) is 9.61. The highest BCUT2D eigenvalue weighted by Crippen LogP contribution is 2.17. The van der Waals surface area contributed by atoms with Crippen molar-refractivity contribution in [3.63, 3.8) is 0 Å². The van der Waals surface area contributed by atoms with Crippen LogP contribution < -0.4 is 0 Å². The highest BCUT2D eigenvalue weighted by molar-refractivity contribution is 7.91. The van der Waals surface area contributed by atoms with Gasteiger partial charge >= 0.3 is 11.9 Å². The molecule has 0 N–H and O–H groups in total. The van der Waals surface area contributed by atoms with E-state index in [1.54, 1.807) is 0 Å². The molecule has 0 amide bonds. The molecule has 2 unspecified atom stereocenters. The zero-order chi connectivity index (χ0) is 21.4. The van der Waals surface area contributed by atoms with E-state index in [1.807, 2.05) is 12.2 Å². The smallest absolute Gasteiger partial charge is 0.305 e. The van der Waals surface area contributed by atoms with Crippen molar-refractivity contribution in [1.29, 1.82) is 0 Å². The van der Waals surface area contributed by atoms with Crippen molar-refractivity contribution in [1.82, 2.24) is 0 Å². The summed E-state index contributed by atoms with van der Waals surface area (Å²) in [5.41, 5.74) is 0. The number of allylic oxidation sites excluding steroid dienone is 1. The van der Waals surface area contributed by atoms with Gasteiger partial charge in [0.05, 0.1) is 12.4 Å². The molecule has 28 heavy (non-hydrogen) atoms. The fourth-order valence-corrected chi connectivity index (χ4v) is 4.04. The summed E-state index contributed by atoms with van der Waals surface area (Å²) in [5.74, 6) is -0.529.